The summed E-state index contributed by atoms with van der Waals surface area (Å²) >= 11 is 0. The number of hydrogen-bond donors (Lipinski definition) is 2. The number of carbonyl (C=O) groups excluding carboxylic acids is 1. The van der Waals surface area contributed by atoms with Gasteiger partial charge in [0, 0.05) is 19.5 Å². The Labute approximate surface area is 73.9 Å². The lowest BCUT2D eigenvalue weighted by Crippen LogP contribution is -2.31. The van der Waals surface area contributed by atoms with Crippen LogP contribution in [-0.4, -0.2) is 25.0 Å². The van der Waals surface area contributed by atoms with E-state index in [9.17, 15) is 4.79 Å². The number of amides is 1. The summed E-state index contributed by atoms with van der Waals surface area (Å²) in [5, 5.41) is 5.73. The number of terminal acetylenes is 1. The van der Waals surface area contributed by atoms with Crippen molar-refractivity contribution in [3.63, 3.8) is 0 Å². The zero-order valence-electron chi connectivity index (χ0n) is 7.68. The molecule has 0 heterocycles. The van der Waals surface area contributed by atoms with Crippen LogP contribution in [0.3, 0.4) is 0 Å². The third kappa shape index (κ3) is 5.75. The first-order valence-corrected chi connectivity index (χ1v) is 4.17. The number of rotatable bonds is 5. The fourth-order valence-corrected chi connectivity index (χ4v) is 0.747. The Bertz CT molecular complexity index is 172. The Balaban J connectivity index is 3.32. The van der Waals surface area contributed by atoms with Crippen molar-refractivity contribution < 1.29 is 4.79 Å². The minimum absolute atomic E-state index is 0.0411. The molecule has 3 heteroatoms. The number of hydrogen-bond acceptors (Lipinski definition) is 2. The monoisotopic (exact) mass is 168 g/mol. The highest BCUT2D eigenvalue weighted by Gasteiger charge is 1.99. The van der Waals surface area contributed by atoms with Crippen LogP contribution < -0.4 is 10.6 Å². The van der Waals surface area contributed by atoms with Crippen molar-refractivity contribution in [2.75, 3.05) is 13.1 Å². The van der Waals surface area contributed by atoms with E-state index in [4.69, 9.17) is 6.42 Å². The summed E-state index contributed by atoms with van der Waals surface area (Å²) in [5.41, 5.74) is 0. The van der Waals surface area contributed by atoms with E-state index in [0.29, 0.717) is 19.5 Å². The van der Waals surface area contributed by atoms with Crippen LogP contribution in [0.5, 0.6) is 0 Å². The molecular formula is C9H16N2O. The third-order valence-electron chi connectivity index (χ3n) is 1.43. The van der Waals surface area contributed by atoms with E-state index < -0.39 is 0 Å². The Kier molecular flexibility index (Phi) is 6.12. The van der Waals surface area contributed by atoms with Crippen LogP contribution in [0, 0.1) is 12.3 Å². The van der Waals surface area contributed by atoms with E-state index in [1.165, 1.54) is 0 Å². The van der Waals surface area contributed by atoms with Gasteiger partial charge in [-0.25, -0.2) is 0 Å². The van der Waals surface area contributed by atoms with Gasteiger partial charge in [-0.1, -0.05) is 5.92 Å². The molecule has 1 atom stereocenters. The van der Waals surface area contributed by atoms with Crippen LogP contribution in [0.2, 0.25) is 0 Å². The highest BCUT2D eigenvalue weighted by molar-refractivity contribution is 5.75. The average molecular weight is 168 g/mol. The average Bonchev–Trinajstić information content (AvgIpc) is 2.04. The molecule has 0 radical (unpaired) electrons. The molecule has 3 nitrogen and oxygen atoms in total. The van der Waals surface area contributed by atoms with Gasteiger partial charge in [0.15, 0.2) is 0 Å². The minimum atomic E-state index is 0.0411. The molecule has 0 rings (SSSR count). The summed E-state index contributed by atoms with van der Waals surface area (Å²) in [5.74, 6) is 2.59. The van der Waals surface area contributed by atoms with Gasteiger partial charge in [-0.05, 0) is 13.8 Å². The number of carbonyl (C=O) groups is 1. The topological polar surface area (TPSA) is 41.1 Å². The molecule has 2 N–H and O–H groups in total. The van der Waals surface area contributed by atoms with E-state index >= 15 is 0 Å². The summed E-state index contributed by atoms with van der Waals surface area (Å²) in [6, 6.07) is 0.0411. The van der Waals surface area contributed by atoms with Crippen molar-refractivity contribution in [2.45, 2.75) is 26.3 Å². The molecule has 0 aromatic rings. The zero-order valence-corrected chi connectivity index (χ0v) is 7.68. The second-order valence-electron chi connectivity index (χ2n) is 2.55. The molecule has 0 aliphatic rings. The van der Waals surface area contributed by atoms with Crippen molar-refractivity contribution in [1.82, 2.24) is 10.6 Å². The van der Waals surface area contributed by atoms with Crippen LogP contribution in [0.25, 0.3) is 0 Å². The summed E-state index contributed by atoms with van der Waals surface area (Å²) in [6.07, 6.45) is 5.62. The molecule has 0 saturated carbocycles. The van der Waals surface area contributed by atoms with Gasteiger partial charge in [0.2, 0.25) is 5.91 Å². The zero-order chi connectivity index (χ0) is 9.40. The molecule has 0 spiro atoms. The Hall–Kier alpha value is -1.01. The number of nitrogens with one attached hydrogen (secondary N) is 2. The fraction of sp³-hybridized carbons (Fsp3) is 0.667. The second-order valence-corrected chi connectivity index (χ2v) is 2.55. The molecule has 0 saturated heterocycles. The summed E-state index contributed by atoms with van der Waals surface area (Å²) < 4.78 is 0. The van der Waals surface area contributed by atoms with E-state index in [0.717, 1.165) is 0 Å². The third-order valence-corrected chi connectivity index (χ3v) is 1.43. The van der Waals surface area contributed by atoms with Gasteiger partial charge in [0.1, 0.15) is 0 Å². The first-order chi connectivity index (χ1) is 5.70. The van der Waals surface area contributed by atoms with E-state index in [2.05, 4.69) is 16.6 Å². The normalized spacial score (nSPS) is 11.8. The fourth-order valence-electron chi connectivity index (χ4n) is 0.747. The lowest BCUT2D eigenvalue weighted by atomic mass is 10.3. The Morgan fingerprint density at radius 3 is 2.83 bits per heavy atom. The molecule has 68 valence electrons. The standard InChI is InChI=1S/C9H16N2O/c1-4-8(3)11-7-6-9(12)10-5-2/h1,8,11H,5-7H2,2-3H3,(H,10,12). The van der Waals surface area contributed by atoms with Crippen molar-refractivity contribution in [3.8, 4) is 12.3 Å². The second kappa shape index (κ2) is 6.68. The lowest BCUT2D eigenvalue weighted by Gasteiger charge is -2.06. The first-order valence-electron chi connectivity index (χ1n) is 4.17. The molecule has 0 aliphatic carbocycles. The molecule has 12 heavy (non-hydrogen) atoms. The lowest BCUT2D eigenvalue weighted by molar-refractivity contribution is -0.120. The quantitative estimate of drug-likeness (QED) is 0.573. The van der Waals surface area contributed by atoms with Crippen LogP contribution in [-0.2, 0) is 4.79 Å². The predicted molar refractivity (Wildman–Crippen MR) is 49.6 cm³/mol. The van der Waals surface area contributed by atoms with Crippen molar-refractivity contribution in [3.05, 3.63) is 0 Å². The van der Waals surface area contributed by atoms with Crippen molar-refractivity contribution >= 4 is 5.91 Å². The maximum absolute atomic E-state index is 10.9. The van der Waals surface area contributed by atoms with E-state index in [-0.39, 0.29) is 11.9 Å². The SMILES string of the molecule is C#CC(C)NCCC(=O)NCC. The molecular weight excluding hydrogens is 152 g/mol. The van der Waals surface area contributed by atoms with Crippen molar-refractivity contribution in [1.29, 1.82) is 0 Å². The van der Waals surface area contributed by atoms with Crippen LogP contribution in [0.15, 0.2) is 0 Å². The molecule has 0 aromatic heterocycles. The predicted octanol–water partition coefficient (Wildman–Crippen LogP) is 0.124. The molecule has 0 aliphatic heterocycles. The summed E-state index contributed by atoms with van der Waals surface area (Å²) in [7, 11) is 0. The molecule has 0 fully saturated rings. The Morgan fingerprint density at radius 2 is 2.33 bits per heavy atom. The van der Waals surface area contributed by atoms with Crippen LogP contribution in [0.1, 0.15) is 20.3 Å². The highest BCUT2D eigenvalue weighted by atomic mass is 16.1. The smallest absolute Gasteiger partial charge is 0.221 e. The maximum Gasteiger partial charge on any atom is 0.221 e. The molecule has 1 amide bonds. The van der Waals surface area contributed by atoms with Gasteiger partial charge in [-0.3, -0.25) is 4.79 Å². The molecule has 1 unspecified atom stereocenters. The summed E-state index contributed by atoms with van der Waals surface area (Å²) in [6.45, 7) is 5.11. The maximum atomic E-state index is 10.9. The van der Waals surface area contributed by atoms with Gasteiger partial charge in [-0.2, -0.15) is 0 Å². The van der Waals surface area contributed by atoms with Gasteiger partial charge in [0.05, 0.1) is 6.04 Å². The van der Waals surface area contributed by atoms with Gasteiger partial charge in [0.25, 0.3) is 0 Å². The Morgan fingerprint density at radius 1 is 1.67 bits per heavy atom. The molecule has 0 bridgehead atoms. The van der Waals surface area contributed by atoms with Gasteiger partial charge >= 0.3 is 0 Å². The minimum Gasteiger partial charge on any atom is -0.356 e. The highest BCUT2D eigenvalue weighted by Crippen LogP contribution is 1.80. The first kappa shape index (κ1) is 11.0. The largest absolute Gasteiger partial charge is 0.356 e. The van der Waals surface area contributed by atoms with Crippen LogP contribution >= 0.6 is 0 Å². The molecule has 0 aromatic carbocycles. The van der Waals surface area contributed by atoms with Crippen molar-refractivity contribution in [2.24, 2.45) is 0 Å². The van der Waals surface area contributed by atoms with Crippen LogP contribution in [0.4, 0.5) is 0 Å². The van der Waals surface area contributed by atoms with E-state index in [1.54, 1.807) is 0 Å². The van der Waals surface area contributed by atoms with Gasteiger partial charge in [-0.15, -0.1) is 6.42 Å². The van der Waals surface area contributed by atoms with E-state index in [1.807, 2.05) is 13.8 Å². The summed E-state index contributed by atoms with van der Waals surface area (Å²) in [4.78, 5) is 10.9. The van der Waals surface area contributed by atoms with Gasteiger partial charge < -0.3 is 10.6 Å².